The molecule has 1 aliphatic heterocycles. The molecule has 0 N–H and O–H groups in total. The van der Waals surface area contributed by atoms with Gasteiger partial charge in [0.25, 0.3) is 5.69 Å². The van der Waals surface area contributed by atoms with Gasteiger partial charge in [-0.1, -0.05) is 0 Å². The van der Waals surface area contributed by atoms with Crippen LogP contribution in [-0.4, -0.2) is 47.4 Å². The minimum absolute atomic E-state index is 0.0564. The first-order valence-corrected chi connectivity index (χ1v) is 7.42. The van der Waals surface area contributed by atoms with Crippen molar-refractivity contribution in [2.24, 2.45) is 0 Å². The molecule has 8 heteroatoms. The third-order valence-electron chi connectivity index (χ3n) is 4.06. The van der Waals surface area contributed by atoms with E-state index >= 15 is 0 Å². The van der Waals surface area contributed by atoms with Gasteiger partial charge in [0.05, 0.1) is 23.1 Å². The Morgan fingerprint density at radius 1 is 1.29 bits per heavy atom. The van der Waals surface area contributed by atoms with E-state index in [4.69, 9.17) is 4.74 Å². The Labute approximate surface area is 139 Å². The normalized spacial score (nSPS) is 18.0. The van der Waals surface area contributed by atoms with Crippen LogP contribution < -0.4 is 0 Å². The molecular weight excluding hydrogens is 314 g/mol. The molecule has 0 aliphatic carbocycles. The van der Waals surface area contributed by atoms with Gasteiger partial charge >= 0.3 is 12.0 Å². The average Bonchev–Trinajstić information content (AvgIpc) is 2.56. The van der Waals surface area contributed by atoms with Crippen LogP contribution in [0, 0.1) is 10.1 Å². The lowest BCUT2D eigenvalue weighted by atomic mass is 9.93. The molecule has 0 saturated heterocycles. The Balaban J connectivity index is 2.55. The van der Waals surface area contributed by atoms with Gasteiger partial charge in [-0.15, -0.1) is 0 Å². The summed E-state index contributed by atoms with van der Waals surface area (Å²) in [5.41, 5.74) is 1.39. The quantitative estimate of drug-likeness (QED) is 0.479. The molecule has 0 saturated carbocycles. The van der Waals surface area contributed by atoms with Crippen LogP contribution in [0.2, 0.25) is 0 Å². The standard InChI is InChI=1S/C16H19N3O5/c1-5-24-15(20)13-10(2)17(3)16(21)18(4)14(13)11-6-8-12(9-7-11)19(22)23/h6-9,14H,5H2,1-4H3. The van der Waals surface area contributed by atoms with Crippen molar-refractivity contribution in [2.45, 2.75) is 19.9 Å². The lowest BCUT2D eigenvalue weighted by molar-refractivity contribution is -0.384. The van der Waals surface area contributed by atoms with E-state index in [-0.39, 0.29) is 18.3 Å². The number of likely N-dealkylation sites (N-methyl/N-ethyl adjacent to an activating group) is 1. The fraction of sp³-hybridized carbons (Fsp3) is 0.375. The third-order valence-corrected chi connectivity index (χ3v) is 4.06. The van der Waals surface area contributed by atoms with Gasteiger partial charge in [-0.2, -0.15) is 0 Å². The van der Waals surface area contributed by atoms with Crippen LogP contribution in [0.1, 0.15) is 25.5 Å². The van der Waals surface area contributed by atoms with Crippen LogP contribution in [-0.2, 0) is 9.53 Å². The van der Waals surface area contributed by atoms with Crippen molar-refractivity contribution in [3.63, 3.8) is 0 Å². The molecule has 1 aromatic carbocycles. The SMILES string of the molecule is CCOC(=O)C1=C(C)N(C)C(=O)N(C)C1c1ccc([N+](=O)[O-])cc1. The summed E-state index contributed by atoms with van der Waals surface area (Å²) in [6, 6.07) is 4.86. The van der Waals surface area contributed by atoms with Crippen molar-refractivity contribution in [2.75, 3.05) is 20.7 Å². The Morgan fingerprint density at radius 3 is 2.38 bits per heavy atom. The molecule has 0 aromatic heterocycles. The maximum Gasteiger partial charge on any atom is 0.338 e. The van der Waals surface area contributed by atoms with Crippen LogP contribution >= 0.6 is 0 Å². The summed E-state index contributed by atoms with van der Waals surface area (Å²) in [6.07, 6.45) is 0. The summed E-state index contributed by atoms with van der Waals surface area (Å²) < 4.78 is 5.13. The number of allylic oxidation sites excluding steroid dienone is 1. The molecule has 1 aromatic rings. The number of esters is 1. The summed E-state index contributed by atoms with van der Waals surface area (Å²) in [5, 5.41) is 10.8. The molecule has 2 rings (SSSR count). The molecule has 0 radical (unpaired) electrons. The molecular formula is C16H19N3O5. The van der Waals surface area contributed by atoms with E-state index in [2.05, 4.69) is 0 Å². The van der Waals surface area contributed by atoms with Crippen molar-refractivity contribution in [1.29, 1.82) is 0 Å². The first-order valence-electron chi connectivity index (χ1n) is 7.42. The lowest BCUT2D eigenvalue weighted by Crippen LogP contribution is -2.47. The van der Waals surface area contributed by atoms with Crippen LogP contribution in [0.15, 0.2) is 35.5 Å². The fourth-order valence-corrected chi connectivity index (χ4v) is 2.70. The number of carbonyl (C=O) groups excluding carboxylic acids is 2. The highest BCUT2D eigenvalue weighted by Crippen LogP contribution is 2.36. The summed E-state index contributed by atoms with van der Waals surface area (Å²) in [6.45, 7) is 3.59. The highest BCUT2D eigenvalue weighted by atomic mass is 16.6. The monoisotopic (exact) mass is 333 g/mol. The summed E-state index contributed by atoms with van der Waals surface area (Å²) in [5.74, 6) is -0.510. The zero-order valence-electron chi connectivity index (χ0n) is 14.0. The number of carbonyl (C=O) groups is 2. The molecule has 1 heterocycles. The van der Waals surface area contributed by atoms with Crippen LogP contribution in [0.3, 0.4) is 0 Å². The van der Waals surface area contributed by atoms with Crippen molar-refractivity contribution in [3.8, 4) is 0 Å². The molecule has 0 fully saturated rings. The van der Waals surface area contributed by atoms with Gasteiger partial charge in [0.1, 0.15) is 0 Å². The largest absolute Gasteiger partial charge is 0.463 e. The number of hydrogen-bond acceptors (Lipinski definition) is 5. The van der Waals surface area contributed by atoms with Crippen LogP contribution in [0.5, 0.6) is 0 Å². The first kappa shape index (κ1) is 17.5. The number of non-ortho nitro benzene ring substituents is 1. The molecule has 0 bridgehead atoms. The number of amides is 2. The smallest absolute Gasteiger partial charge is 0.338 e. The summed E-state index contributed by atoms with van der Waals surface area (Å²) >= 11 is 0. The van der Waals surface area contributed by atoms with E-state index in [1.54, 1.807) is 40.1 Å². The van der Waals surface area contributed by atoms with Gasteiger partial charge in [-0.05, 0) is 31.5 Å². The zero-order chi connectivity index (χ0) is 18.0. The predicted octanol–water partition coefficient (Wildman–Crippen LogP) is 2.47. The second-order valence-corrected chi connectivity index (χ2v) is 5.42. The summed E-state index contributed by atoms with van der Waals surface area (Å²) in [4.78, 5) is 37.9. The molecule has 1 aliphatic rings. The number of nitro benzene ring substituents is 1. The Kier molecular flexibility index (Phi) is 4.87. The number of nitro groups is 1. The second kappa shape index (κ2) is 6.69. The Bertz CT molecular complexity index is 711. The van der Waals surface area contributed by atoms with Crippen molar-refractivity contribution in [3.05, 3.63) is 51.2 Å². The molecule has 2 amide bonds. The van der Waals surface area contributed by atoms with E-state index in [1.807, 2.05) is 0 Å². The van der Waals surface area contributed by atoms with E-state index in [9.17, 15) is 19.7 Å². The van der Waals surface area contributed by atoms with Gasteiger partial charge < -0.3 is 14.5 Å². The molecule has 0 spiro atoms. The van der Waals surface area contributed by atoms with E-state index in [1.165, 1.54) is 21.9 Å². The Morgan fingerprint density at radius 2 is 1.88 bits per heavy atom. The van der Waals surface area contributed by atoms with Gasteiger partial charge in [0.2, 0.25) is 0 Å². The fourth-order valence-electron chi connectivity index (χ4n) is 2.70. The molecule has 1 unspecified atom stereocenters. The third kappa shape index (κ3) is 2.94. The Hall–Kier alpha value is -2.90. The number of urea groups is 1. The van der Waals surface area contributed by atoms with E-state index < -0.39 is 16.9 Å². The minimum atomic E-state index is -0.659. The molecule has 128 valence electrons. The highest BCUT2D eigenvalue weighted by molar-refractivity contribution is 5.94. The summed E-state index contributed by atoms with van der Waals surface area (Å²) in [7, 11) is 3.16. The van der Waals surface area contributed by atoms with Crippen LogP contribution in [0.4, 0.5) is 10.5 Å². The van der Waals surface area contributed by atoms with Gasteiger partial charge in [-0.25, -0.2) is 9.59 Å². The topological polar surface area (TPSA) is 93.0 Å². The number of ether oxygens (including phenoxy) is 1. The predicted molar refractivity (Wildman–Crippen MR) is 86.1 cm³/mol. The van der Waals surface area contributed by atoms with E-state index in [0.29, 0.717) is 16.8 Å². The first-order chi connectivity index (χ1) is 11.3. The number of hydrogen-bond donors (Lipinski definition) is 0. The average molecular weight is 333 g/mol. The maximum atomic E-state index is 12.4. The van der Waals surface area contributed by atoms with Crippen LogP contribution in [0.25, 0.3) is 0 Å². The molecule has 8 nitrogen and oxygen atoms in total. The number of rotatable bonds is 4. The van der Waals surface area contributed by atoms with Gasteiger partial charge in [-0.3, -0.25) is 10.1 Å². The zero-order valence-corrected chi connectivity index (χ0v) is 14.0. The number of benzene rings is 1. The highest BCUT2D eigenvalue weighted by Gasteiger charge is 2.39. The van der Waals surface area contributed by atoms with Gasteiger partial charge in [0.15, 0.2) is 0 Å². The minimum Gasteiger partial charge on any atom is -0.463 e. The maximum absolute atomic E-state index is 12.4. The van der Waals surface area contributed by atoms with Crippen molar-refractivity contribution in [1.82, 2.24) is 9.80 Å². The second-order valence-electron chi connectivity index (χ2n) is 5.42. The van der Waals surface area contributed by atoms with Crippen molar-refractivity contribution >= 4 is 17.7 Å². The molecule has 24 heavy (non-hydrogen) atoms. The number of nitrogens with zero attached hydrogens (tertiary/aromatic N) is 3. The van der Waals surface area contributed by atoms with Gasteiger partial charge in [0, 0.05) is 31.9 Å². The molecule has 1 atom stereocenters. The van der Waals surface area contributed by atoms with Crippen molar-refractivity contribution < 1.29 is 19.2 Å². The lowest BCUT2D eigenvalue weighted by Gasteiger charge is -2.39. The van der Waals surface area contributed by atoms with E-state index in [0.717, 1.165) is 0 Å².